The third kappa shape index (κ3) is 3.41. The van der Waals surface area contributed by atoms with Gasteiger partial charge >= 0.3 is 0 Å². The van der Waals surface area contributed by atoms with Crippen molar-refractivity contribution < 1.29 is 4.79 Å². The van der Waals surface area contributed by atoms with Gasteiger partial charge in [0.2, 0.25) is 5.65 Å². The van der Waals surface area contributed by atoms with E-state index in [1.165, 1.54) is 12.8 Å². The van der Waals surface area contributed by atoms with Gasteiger partial charge in [0.15, 0.2) is 0 Å². The number of nitrogens with zero attached hydrogens (tertiary/aromatic N) is 4. The zero-order valence-electron chi connectivity index (χ0n) is 13.4. The zero-order chi connectivity index (χ0) is 17.2. The van der Waals surface area contributed by atoms with Crippen LogP contribution in [0.5, 0.6) is 0 Å². The highest BCUT2D eigenvalue weighted by Gasteiger charge is 2.26. The average Bonchev–Trinajstić information content (AvgIpc) is 3.36. The van der Waals surface area contributed by atoms with Crippen LogP contribution in [0, 0.1) is 0 Å². The molecule has 2 aromatic heterocycles. The first-order valence-corrected chi connectivity index (χ1v) is 8.58. The number of hydrogen-bond acceptors (Lipinski definition) is 5. The Bertz CT molecular complexity index is 920. The summed E-state index contributed by atoms with van der Waals surface area (Å²) in [6.07, 6.45) is 3.95. The number of aromatic nitrogens is 4. The van der Waals surface area contributed by atoms with Gasteiger partial charge in [-0.15, -0.1) is 10.2 Å². The van der Waals surface area contributed by atoms with Crippen LogP contribution in [0.3, 0.4) is 0 Å². The second kappa shape index (κ2) is 6.68. The van der Waals surface area contributed by atoms with Crippen LogP contribution < -0.4 is 10.6 Å². The molecule has 1 aliphatic rings. The van der Waals surface area contributed by atoms with Crippen molar-refractivity contribution in [2.45, 2.75) is 18.8 Å². The fraction of sp³-hybridized carbons (Fsp3) is 0.294. The first-order valence-electron chi connectivity index (χ1n) is 8.20. The van der Waals surface area contributed by atoms with Crippen molar-refractivity contribution in [3.8, 4) is 0 Å². The van der Waals surface area contributed by atoms with Gasteiger partial charge < -0.3 is 10.6 Å². The molecular formula is C17H17ClN6O. The highest BCUT2D eigenvalue weighted by Crippen LogP contribution is 2.39. The van der Waals surface area contributed by atoms with E-state index < -0.39 is 0 Å². The van der Waals surface area contributed by atoms with E-state index >= 15 is 0 Å². The molecule has 0 radical (unpaired) electrons. The van der Waals surface area contributed by atoms with Crippen molar-refractivity contribution in [3.05, 3.63) is 52.9 Å². The molecule has 1 aromatic carbocycles. The Labute approximate surface area is 149 Å². The van der Waals surface area contributed by atoms with Gasteiger partial charge in [-0.3, -0.25) is 4.79 Å². The summed E-state index contributed by atoms with van der Waals surface area (Å²) in [6.45, 7) is 1.03. The minimum atomic E-state index is -0.187. The summed E-state index contributed by atoms with van der Waals surface area (Å²) in [5, 5.41) is 19.2. The topological polar surface area (TPSA) is 84.2 Å². The van der Waals surface area contributed by atoms with Gasteiger partial charge in [-0.25, -0.2) is 0 Å². The van der Waals surface area contributed by atoms with Crippen LogP contribution in [0.15, 0.2) is 36.7 Å². The van der Waals surface area contributed by atoms with Crippen molar-refractivity contribution in [3.63, 3.8) is 0 Å². The molecular weight excluding hydrogens is 340 g/mol. The molecule has 3 aromatic rings. The lowest BCUT2D eigenvalue weighted by molar-refractivity contribution is 0.0955. The largest absolute Gasteiger partial charge is 0.380 e. The number of benzene rings is 1. The molecule has 1 fully saturated rings. The minimum Gasteiger partial charge on any atom is -0.380 e. The fourth-order valence-electron chi connectivity index (χ4n) is 2.67. The maximum atomic E-state index is 12.1. The number of hydrogen-bond donors (Lipinski definition) is 2. The van der Waals surface area contributed by atoms with Crippen LogP contribution in [0.2, 0.25) is 5.02 Å². The lowest BCUT2D eigenvalue weighted by Crippen LogP contribution is -2.29. The van der Waals surface area contributed by atoms with Gasteiger partial charge in [-0.1, -0.05) is 23.7 Å². The molecule has 0 unspecified atom stereocenters. The number of rotatable bonds is 6. The summed E-state index contributed by atoms with van der Waals surface area (Å²) in [5.41, 5.74) is 3.09. The van der Waals surface area contributed by atoms with Gasteiger partial charge in [-0.2, -0.15) is 9.61 Å². The summed E-state index contributed by atoms with van der Waals surface area (Å²) in [5.74, 6) is 0.348. The number of anilines is 1. The molecule has 0 spiro atoms. The fourth-order valence-corrected chi connectivity index (χ4v) is 2.89. The number of halogens is 1. The van der Waals surface area contributed by atoms with E-state index in [9.17, 15) is 4.79 Å². The van der Waals surface area contributed by atoms with E-state index in [2.05, 4.69) is 25.9 Å². The lowest BCUT2D eigenvalue weighted by atomic mass is 10.2. The molecule has 1 amide bonds. The van der Waals surface area contributed by atoms with Crippen molar-refractivity contribution in [2.75, 3.05) is 18.4 Å². The molecule has 0 aliphatic heterocycles. The van der Waals surface area contributed by atoms with Crippen LogP contribution in [0.4, 0.5) is 5.69 Å². The number of carbonyl (C=O) groups is 1. The third-order valence-corrected chi connectivity index (χ3v) is 4.46. The van der Waals surface area contributed by atoms with Gasteiger partial charge in [0.25, 0.3) is 5.91 Å². The Hall–Kier alpha value is -2.67. The second-order valence-electron chi connectivity index (χ2n) is 6.02. The van der Waals surface area contributed by atoms with Crippen LogP contribution in [0.25, 0.3) is 5.65 Å². The highest BCUT2D eigenvalue weighted by atomic mass is 35.5. The Morgan fingerprint density at radius 3 is 2.92 bits per heavy atom. The number of fused-ring (bicyclic) bond motifs is 1. The molecule has 0 bridgehead atoms. The average molecular weight is 357 g/mol. The summed E-state index contributed by atoms with van der Waals surface area (Å²) in [7, 11) is 0. The Morgan fingerprint density at radius 2 is 2.12 bits per heavy atom. The molecule has 2 N–H and O–H groups in total. The van der Waals surface area contributed by atoms with E-state index in [1.54, 1.807) is 35.1 Å². The standard InChI is InChI=1S/C17H17ClN6O/c18-13-4-2-1-3-12(13)17(25)20-8-7-19-15-9-14(11-5-6-11)23-24-10-21-22-16(15)24/h1-4,9-11,19H,5-8H2,(H,20,25). The molecule has 4 rings (SSSR count). The Balaban J connectivity index is 1.39. The lowest BCUT2D eigenvalue weighted by Gasteiger charge is -2.10. The summed E-state index contributed by atoms with van der Waals surface area (Å²) in [4.78, 5) is 12.1. The molecule has 2 heterocycles. The number of amides is 1. The molecule has 8 heteroatoms. The first-order chi connectivity index (χ1) is 12.2. The van der Waals surface area contributed by atoms with Crippen LogP contribution >= 0.6 is 11.6 Å². The third-order valence-electron chi connectivity index (χ3n) is 4.13. The monoisotopic (exact) mass is 356 g/mol. The Kier molecular flexibility index (Phi) is 4.23. The van der Waals surface area contributed by atoms with Crippen LogP contribution in [0.1, 0.15) is 34.8 Å². The van der Waals surface area contributed by atoms with Gasteiger partial charge in [-0.05, 0) is 31.0 Å². The predicted octanol–water partition coefficient (Wildman–Crippen LogP) is 2.50. The van der Waals surface area contributed by atoms with Gasteiger partial charge in [0, 0.05) is 19.0 Å². The van der Waals surface area contributed by atoms with Gasteiger partial charge in [0.1, 0.15) is 6.33 Å². The van der Waals surface area contributed by atoms with E-state index in [0.717, 1.165) is 11.4 Å². The summed E-state index contributed by atoms with van der Waals surface area (Å²) < 4.78 is 1.69. The van der Waals surface area contributed by atoms with E-state index in [1.807, 2.05) is 6.07 Å². The molecule has 1 saturated carbocycles. The minimum absolute atomic E-state index is 0.187. The van der Waals surface area contributed by atoms with E-state index in [0.29, 0.717) is 35.2 Å². The smallest absolute Gasteiger partial charge is 0.252 e. The van der Waals surface area contributed by atoms with Crippen molar-refractivity contribution >= 4 is 28.8 Å². The number of carbonyl (C=O) groups excluding carboxylic acids is 1. The van der Waals surface area contributed by atoms with Crippen LogP contribution in [-0.2, 0) is 0 Å². The quantitative estimate of drug-likeness (QED) is 0.663. The first kappa shape index (κ1) is 15.8. The van der Waals surface area contributed by atoms with Crippen molar-refractivity contribution in [1.82, 2.24) is 25.1 Å². The molecule has 128 valence electrons. The molecule has 7 nitrogen and oxygen atoms in total. The van der Waals surface area contributed by atoms with Gasteiger partial charge in [0.05, 0.1) is 22.0 Å². The normalized spacial score (nSPS) is 13.8. The van der Waals surface area contributed by atoms with Crippen molar-refractivity contribution in [1.29, 1.82) is 0 Å². The summed E-state index contributed by atoms with van der Waals surface area (Å²) in [6, 6.07) is 9.02. The van der Waals surface area contributed by atoms with Crippen molar-refractivity contribution in [2.24, 2.45) is 0 Å². The predicted molar refractivity (Wildman–Crippen MR) is 95.0 cm³/mol. The molecule has 0 saturated heterocycles. The second-order valence-corrected chi connectivity index (χ2v) is 6.43. The van der Waals surface area contributed by atoms with E-state index in [-0.39, 0.29) is 5.91 Å². The SMILES string of the molecule is O=C(NCCNc1cc(C2CC2)nn2cnnc12)c1ccccc1Cl. The van der Waals surface area contributed by atoms with Crippen LogP contribution in [-0.4, -0.2) is 38.8 Å². The maximum Gasteiger partial charge on any atom is 0.252 e. The Morgan fingerprint density at radius 1 is 1.28 bits per heavy atom. The molecule has 25 heavy (non-hydrogen) atoms. The zero-order valence-corrected chi connectivity index (χ0v) is 14.2. The number of nitrogens with one attached hydrogen (secondary N) is 2. The summed E-state index contributed by atoms with van der Waals surface area (Å²) >= 11 is 6.03. The molecule has 1 aliphatic carbocycles. The highest BCUT2D eigenvalue weighted by molar-refractivity contribution is 6.33. The maximum absolute atomic E-state index is 12.1. The van der Waals surface area contributed by atoms with E-state index in [4.69, 9.17) is 11.6 Å². The molecule has 0 atom stereocenters.